The summed E-state index contributed by atoms with van der Waals surface area (Å²) in [6.07, 6.45) is -7.13. The minimum absolute atomic E-state index is 0.0732. The predicted molar refractivity (Wildman–Crippen MR) is 105 cm³/mol. The van der Waals surface area contributed by atoms with E-state index in [2.05, 4.69) is 20.8 Å². The number of carbonyl (C=O) groups is 1. The number of nitrogens with zero attached hydrogens (tertiary/aromatic N) is 2. The third-order valence-corrected chi connectivity index (χ3v) is 6.00. The Kier molecular flexibility index (Phi) is 5.87. The van der Waals surface area contributed by atoms with Crippen LogP contribution < -0.4 is 10.6 Å². The van der Waals surface area contributed by atoms with Crippen molar-refractivity contribution in [2.24, 2.45) is 5.92 Å². The first-order chi connectivity index (χ1) is 15.4. The van der Waals surface area contributed by atoms with Crippen molar-refractivity contribution < 1.29 is 35.9 Å². The van der Waals surface area contributed by atoms with Gasteiger partial charge in [0.1, 0.15) is 11.4 Å². The van der Waals surface area contributed by atoms with Gasteiger partial charge in [0.05, 0.1) is 23.4 Å². The van der Waals surface area contributed by atoms with E-state index in [1.54, 1.807) is 0 Å². The van der Waals surface area contributed by atoms with Crippen LogP contribution in [0.1, 0.15) is 36.8 Å². The molecule has 1 aromatic carbocycles. The number of ether oxygens (including phenoxy) is 1. The van der Waals surface area contributed by atoms with Gasteiger partial charge < -0.3 is 15.4 Å². The van der Waals surface area contributed by atoms with E-state index in [9.17, 15) is 31.1 Å². The molecule has 2 aromatic rings. The molecule has 178 valence electrons. The molecule has 1 aliphatic heterocycles. The zero-order chi connectivity index (χ0) is 23.9. The Morgan fingerprint density at radius 2 is 1.64 bits per heavy atom. The van der Waals surface area contributed by atoms with E-state index < -0.39 is 35.2 Å². The lowest BCUT2D eigenvalue weighted by atomic mass is 9.79. The van der Waals surface area contributed by atoms with Crippen molar-refractivity contribution in [3.63, 3.8) is 0 Å². The first-order valence-electron chi connectivity index (χ1n) is 10.3. The van der Waals surface area contributed by atoms with Crippen LogP contribution in [-0.4, -0.2) is 35.0 Å². The zero-order valence-corrected chi connectivity index (χ0v) is 17.2. The summed E-state index contributed by atoms with van der Waals surface area (Å²) in [5, 5.41) is 13.5. The molecule has 1 saturated carbocycles. The zero-order valence-electron chi connectivity index (χ0n) is 17.2. The Bertz CT molecular complexity index is 983. The van der Waals surface area contributed by atoms with Gasteiger partial charge in [-0.25, -0.2) is 4.79 Å². The summed E-state index contributed by atoms with van der Waals surface area (Å²) in [4.78, 5) is 11.3. The minimum Gasteiger partial charge on any atom is -0.441 e. The number of anilines is 1. The Morgan fingerprint density at radius 3 is 2.12 bits per heavy atom. The SMILES string of the molecule is O=C1NC[C@]2(CC[C@@H](CNc3ccc(-c4cc(C(F)(F)F)cc(C(F)(F)F)c4)nn3)CC2)O1. The molecule has 4 rings (SSSR count). The number of benzene rings is 1. The van der Waals surface area contributed by atoms with Gasteiger partial charge in [-0.1, -0.05) is 0 Å². The van der Waals surface area contributed by atoms with Gasteiger partial charge in [0.15, 0.2) is 0 Å². The molecule has 0 bridgehead atoms. The van der Waals surface area contributed by atoms with E-state index in [1.807, 2.05) is 0 Å². The van der Waals surface area contributed by atoms with Gasteiger partial charge in [-0.3, -0.25) is 0 Å². The summed E-state index contributed by atoms with van der Waals surface area (Å²) >= 11 is 0. The lowest BCUT2D eigenvalue weighted by Gasteiger charge is -2.34. The second kappa shape index (κ2) is 8.38. The number of aromatic nitrogens is 2. The molecule has 2 N–H and O–H groups in total. The highest BCUT2D eigenvalue weighted by Gasteiger charge is 2.43. The molecule has 1 saturated heterocycles. The Morgan fingerprint density at radius 1 is 1.00 bits per heavy atom. The number of halogens is 6. The van der Waals surface area contributed by atoms with E-state index >= 15 is 0 Å². The highest BCUT2D eigenvalue weighted by Crippen LogP contribution is 2.39. The lowest BCUT2D eigenvalue weighted by Crippen LogP contribution is -2.39. The van der Waals surface area contributed by atoms with Crippen molar-refractivity contribution in [3.8, 4) is 11.3 Å². The summed E-state index contributed by atoms with van der Waals surface area (Å²) in [6.45, 7) is 1.07. The second-order valence-electron chi connectivity index (χ2n) is 8.35. The number of hydrogen-bond donors (Lipinski definition) is 2. The van der Waals surface area contributed by atoms with Gasteiger partial charge in [0, 0.05) is 12.1 Å². The van der Waals surface area contributed by atoms with E-state index in [0.29, 0.717) is 37.0 Å². The van der Waals surface area contributed by atoms with Crippen LogP contribution in [-0.2, 0) is 17.1 Å². The number of nitrogens with one attached hydrogen (secondary N) is 2. The Labute approximate surface area is 184 Å². The summed E-state index contributed by atoms with van der Waals surface area (Å²) < 4.78 is 83.8. The second-order valence-corrected chi connectivity index (χ2v) is 8.35. The first kappa shape index (κ1) is 23.1. The van der Waals surface area contributed by atoms with Crippen LogP contribution in [0.25, 0.3) is 11.3 Å². The smallest absolute Gasteiger partial charge is 0.416 e. The Hall–Kier alpha value is -3.05. The van der Waals surface area contributed by atoms with Crippen molar-refractivity contribution in [2.75, 3.05) is 18.4 Å². The molecule has 2 fully saturated rings. The number of rotatable bonds is 4. The number of alkyl carbamates (subject to hydrolysis) is 1. The summed E-state index contributed by atoms with van der Waals surface area (Å²) in [7, 11) is 0. The molecule has 12 heteroatoms. The van der Waals surface area contributed by atoms with Gasteiger partial charge in [-0.05, 0) is 61.9 Å². The molecule has 1 aromatic heterocycles. The number of carbonyl (C=O) groups excluding carboxylic acids is 1. The van der Waals surface area contributed by atoms with E-state index in [1.165, 1.54) is 12.1 Å². The largest absolute Gasteiger partial charge is 0.441 e. The van der Waals surface area contributed by atoms with Crippen molar-refractivity contribution in [1.29, 1.82) is 0 Å². The third kappa shape index (κ3) is 5.31. The number of alkyl halides is 6. The van der Waals surface area contributed by atoms with Gasteiger partial charge in [0.2, 0.25) is 0 Å². The normalized spacial score (nSPS) is 23.3. The molecule has 1 amide bonds. The fourth-order valence-corrected chi connectivity index (χ4v) is 4.12. The maximum Gasteiger partial charge on any atom is 0.416 e. The van der Waals surface area contributed by atoms with Crippen molar-refractivity contribution >= 4 is 11.9 Å². The summed E-state index contributed by atoms with van der Waals surface area (Å²) in [5.41, 5.74) is -3.68. The lowest BCUT2D eigenvalue weighted by molar-refractivity contribution is -0.143. The fourth-order valence-electron chi connectivity index (χ4n) is 4.12. The van der Waals surface area contributed by atoms with Crippen LogP contribution in [0.3, 0.4) is 0 Å². The Balaban J connectivity index is 1.41. The van der Waals surface area contributed by atoms with Crippen LogP contribution in [0.5, 0.6) is 0 Å². The van der Waals surface area contributed by atoms with Crippen LogP contribution in [0.2, 0.25) is 0 Å². The molecule has 1 aliphatic carbocycles. The van der Waals surface area contributed by atoms with Gasteiger partial charge >= 0.3 is 18.4 Å². The predicted octanol–water partition coefficient (Wildman–Crippen LogP) is 5.26. The fraction of sp³-hybridized carbons (Fsp3) is 0.476. The molecule has 1 spiro atoms. The summed E-state index contributed by atoms with van der Waals surface area (Å²) in [6, 6.07) is 4.10. The molecular weight excluding hydrogens is 454 g/mol. The average molecular weight is 474 g/mol. The topological polar surface area (TPSA) is 76.1 Å². The van der Waals surface area contributed by atoms with Gasteiger partial charge in [0.25, 0.3) is 0 Å². The monoisotopic (exact) mass is 474 g/mol. The molecular formula is C21H20F6N4O2. The maximum atomic E-state index is 13.1. The minimum atomic E-state index is -4.93. The van der Waals surface area contributed by atoms with E-state index in [4.69, 9.17) is 4.74 Å². The average Bonchev–Trinajstić information content (AvgIpc) is 3.12. The number of amides is 1. The molecule has 0 radical (unpaired) electrons. The molecule has 2 aliphatic rings. The molecule has 33 heavy (non-hydrogen) atoms. The van der Waals surface area contributed by atoms with Crippen LogP contribution in [0.15, 0.2) is 30.3 Å². The third-order valence-electron chi connectivity index (χ3n) is 6.00. The highest BCUT2D eigenvalue weighted by atomic mass is 19.4. The first-order valence-corrected chi connectivity index (χ1v) is 10.3. The molecule has 0 atom stereocenters. The van der Waals surface area contributed by atoms with Gasteiger partial charge in [-0.15, -0.1) is 10.2 Å². The molecule has 6 nitrogen and oxygen atoms in total. The highest BCUT2D eigenvalue weighted by molar-refractivity contribution is 5.70. The van der Waals surface area contributed by atoms with Crippen LogP contribution >= 0.6 is 0 Å². The molecule has 0 unspecified atom stereocenters. The molecule has 2 heterocycles. The standard InChI is InChI=1S/C21H20F6N4O2/c22-20(23,24)14-7-13(8-15(9-14)21(25,26)27)16-1-2-17(31-30-16)28-10-12-3-5-19(6-4-12)11-29-18(32)33-19/h1-2,7-9,12H,3-6,10-11H2,(H,28,31)(H,29,32)/t12-,19-. The summed E-state index contributed by atoms with van der Waals surface area (Å²) in [5.74, 6) is 0.658. The van der Waals surface area contributed by atoms with Gasteiger partial charge in [-0.2, -0.15) is 26.3 Å². The quantitative estimate of drug-likeness (QED) is 0.592. The van der Waals surface area contributed by atoms with Crippen LogP contribution in [0, 0.1) is 5.92 Å². The van der Waals surface area contributed by atoms with Crippen molar-refractivity contribution in [2.45, 2.75) is 43.6 Å². The van der Waals surface area contributed by atoms with E-state index in [-0.39, 0.29) is 17.3 Å². The maximum absolute atomic E-state index is 13.1. The van der Waals surface area contributed by atoms with Crippen molar-refractivity contribution in [1.82, 2.24) is 15.5 Å². The van der Waals surface area contributed by atoms with E-state index in [0.717, 1.165) is 25.7 Å². The van der Waals surface area contributed by atoms with Crippen LogP contribution in [0.4, 0.5) is 37.0 Å². The van der Waals surface area contributed by atoms with Crippen molar-refractivity contribution in [3.05, 3.63) is 41.5 Å². The number of hydrogen-bond acceptors (Lipinski definition) is 5.